The van der Waals surface area contributed by atoms with Crippen molar-refractivity contribution in [2.24, 2.45) is 0 Å². The first-order valence-electron chi connectivity index (χ1n) is 5.17. The Hall–Kier alpha value is -1.13. The minimum absolute atomic E-state index is 1.81. The van der Waals surface area contributed by atoms with E-state index in [1.165, 1.54) is 0 Å². The monoisotopic (exact) mass is 416 g/mol. The molecule has 0 spiro atoms. The molecule has 25 heavy (non-hydrogen) atoms. The molecule has 0 saturated heterocycles. The van der Waals surface area contributed by atoms with Crippen LogP contribution in [0.3, 0.4) is 0 Å². The predicted octanol–water partition coefficient (Wildman–Crippen LogP) is 4.28. The molecule has 2 nitrogen and oxygen atoms in total. The van der Waals surface area contributed by atoms with E-state index >= 15 is 0 Å². The van der Waals surface area contributed by atoms with Crippen LogP contribution in [-0.4, -0.2) is 53.8 Å². The number of aliphatic hydroxyl groups excluding tert-OH is 1. The molecular weight excluding hydrogens is 413 g/mol. The Morgan fingerprint density at radius 2 is 0.960 bits per heavy atom. The summed E-state index contributed by atoms with van der Waals surface area (Å²) in [6.07, 6.45) is -25.5. The van der Waals surface area contributed by atoms with Crippen molar-refractivity contribution in [3.8, 4) is 0 Å². The summed E-state index contributed by atoms with van der Waals surface area (Å²) in [4.78, 5) is 0. The molecule has 0 aliphatic rings. The van der Waals surface area contributed by atoms with Crippen molar-refractivity contribution in [2.75, 3.05) is 0 Å². The smallest absolute Gasteiger partial charge is 0.363 e. The van der Waals surface area contributed by atoms with Gasteiger partial charge in [-0.3, -0.25) is 4.74 Å². The fraction of sp³-hybridized carbons (Fsp3) is 1.00. The molecule has 0 aromatic rings. The fourth-order valence-corrected chi connectivity index (χ4v) is 0.959. The Balaban J connectivity index is 5.79. The van der Waals surface area contributed by atoms with Crippen molar-refractivity contribution >= 4 is 0 Å². The lowest BCUT2D eigenvalue weighted by Gasteiger charge is -2.36. The van der Waals surface area contributed by atoms with Gasteiger partial charge in [0.2, 0.25) is 6.29 Å². The quantitative estimate of drug-likeness (QED) is 0.496. The molecule has 1 N–H and O–H groups in total. The van der Waals surface area contributed by atoms with Crippen molar-refractivity contribution in [1.29, 1.82) is 0 Å². The van der Waals surface area contributed by atoms with Crippen LogP contribution in [-0.2, 0) is 4.74 Å². The van der Waals surface area contributed by atoms with E-state index in [-0.39, 0.29) is 0 Å². The molecule has 1 atom stereocenters. The van der Waals surface area contributed by atoms with E-state index in [1.807, 2.05) is 4.74 Å². The summed E-state index contributed by atoms with van der Waals surface area (Å²) in [6.45, 7) is 0. The standard InChI is InChI=1S/C8H3F15O2/c9-1(10)3(11,12)4(13,14)2(24)25-8(22,23)6(17,18)5(15,16)7(19,20)21/h1-2,24H. The van der Waals surface area contributed by atoms with Crippen LogP contribution in [0.15, 0.2) is 0 Å². The lowest BCUT2D eigenvalue weighted by Crippen LogP contribution is -2.64. The highest BCUT2D eigenvalue weighted by atomic mass is 19.4. The lowest BCUT2D eigenvalue weighted by molar-refractivity contribution is -0.477. The van der Waals surface area contributed by atoms with Gasteiger partial charge in [-0.25, -0.2) is 8.78 Å². The van der Waals surface area contributed by atoms with Crippen LogP contribution in [0.1, 0.15) is 0 Å². The molecule has 0 rings (SSSR count). The van der Waals surface area contributed by atoms with Gasteiger partial charge >= 0.3 is 42.4 Å². The minimum atomic E-state index is -7.70. The van der Waals surface area contributed by atoms with Gasteiger partial charge < -0.3 is 5.11 Å². The molecule has 152 valence electrons. The van der Waals surface area contributed by atoms with Gasteiger partial charge in [0.25, 0.3) is 0 Å². The molecule has 0 aromatic heterocycles. The van der Waals surface area contributed by atoms with E-state index in [9.17, 15) is 65.9 Å². The Bertz CT molecular complexity index is 467. The molecule has 0 fully saturated rings. The third kappa shape index (κ3) is 3.70. The van der Waals surface area contributed by atoms with Gasteiger partial charge in [-0.05, 0) is 0 Å². The van der Waals surface area contributed by atoms with Gasteiger partial charge in [0.1, 0.15) is 0 Å². The van der Waals surface area contributed by atoms with Crippen LogP contribution < -0.4 is 0 Å². The van der Waals surface area contributed by atoms with E-state index in [0.29, 0.717) is 0 Å². The minimum Gasteiger partial charge on any atom is -0.363 e. The highest BCUT2D eigenvalue weighted by molar-refractivity contribution is 4.98. The molecule has 0 amide bonds. The summed E-state index contributed by atoms with van der Waals surface area (Å²) >= 11 is 0. The van der Waals surface area contributed by atoms with Crippen molar-refractivity contribution in [3.63, 3.8) is 0 Å². The van der Waals surface area contributed by atoms with E-state index in [2.05, 4.69) is 0 Å². The van der Waals surface area contributed by atoms with Crippen LogP contribution in [0.5, 0.6) is 0 Å². The summed E-state index contributed by atoms with van der Waals surface area (Å²) in [6, 6.07) is 0. The first-order chi connectivity index (χ1) is 10.6. The number of alkyl halides is 15. The van der Waals surface area contributed by atoms with Crippen LogP contribution in [0, 0.1) is 0 Å². The largest absolute Gasteiger partial charge is 0.460 e. The normalized spacial score (nSPS) is 17.2. The maximum absolute atomic E-state index is 12.7. The van der Waals surface area contributed by atoms with Crippen LogP contribution in [0.25, 0.3) is 0 Å². The second-order valence-electron chi connectivity index (χ2n) is 4.18. The number of aliphatic hydroxyl groups is 1. The number of halogens is 15. The van der Waals surface area contributed by atoms with Crippen molar-refractivity contribution in [2.45, 2.75) is 48.7 Å². The summed E-state index contributed by atoms with van der Waals surface area (Å²) < 4.78 is 186. The summed E-state index contributed by atoms with van der Waals surface area (Å²) in [5.41, 5.74) is 0. The number of rotatable bonds is 7. The Morgan fingerprint density at radius 1 is 0.600 bits per heavy atom. The zero-order valence-corrected chi connectivity index (χ0v) is 10.7. The third-order valence-corrected chi connectivity index (χ3v) is 2.40. The molecule has 1 unspecified atom stereocenters. The molecule has 0 heterocycles. The Labute approximate surface area is 126 Å². The van der Waals surface area contributed by atoms with Crippen molar-refractivity contribution in [3.05, 3.63) is 0 Å². The van der Waals surface area contributed by atoms with Gasteiger partial charge in [0, 0.05) is 0 Å². The van der Waals surface area contributed by atoms with Gasteiger partial charge in [0.05, 0.1) is 0 Å². The van der Waals surface area contributed by atoms with Gasteiger partial charge in [-0.2, -0.15) is 57.1 Å². The van der Waals surface area contributed by atoms with Crippen LogP contribution in [0.4, 0.5) is 65.9 Å². The fourth-order valence-electron chi connectivity index (χ4n) is 0.959. The summed E-state index contributed by atoms with van der Waals surface area (Å²) in [7, 11) is 0. The highest BCUT2D eigenvalue weighted by Crippen LogP contribution is 2.54. The number of hydrogen-bond acceptors (Lipinski definition) is 2. The second-order valence-corrected chi connectivity index (χ2v) is 4.18. The zero-order valence-electron chi connectivity index (χ0n) is 10.7. The average molecular weight is 416 g/mol. The van der Waals surface area contributed by atoms with Crippen LogP contribution >= 0.6 is 0 Å². The van der Waals surface area contributed by atoms with E-state index in [4.69, 9.17) is 5.11 Å². The van der Waals surface area contributed by atoms with Gasteiger partial charge in [-0.15, -0.1) is 0 Å². The summed E-state index contributed by atoms with van der Waals surface area (Å²) in [5.74, 6) is -28.8. The zero-order chi connectivity index (χ0) is 20.9. The maximum Gasteiger partial charge on any atom is 0.460 e. The molecule has 0 aliphatic heterocycles. The number of ether oxygens (including phenoxy) is 1. The average Bonchev–Trinajstić information content (AvgIpc) is 2.35. The first-order valence-corrected chi connectivity index (χ1v) is 5.17. The van der Waals surface area contributed by atoms with Crippen molar-refractivity contribution in [1.82, 2.24) is 0 Å². The van der Waals surface area contributed by atoms with Crippen LogP contribution in [0.2, 0.25) is 0 Å². The third-order valence-electron chi connectivity index (χ3n) is 2.40. The van der Waals surface area contributed by atoms with E-state index in [1.54, 1.807) is 0 Å². The molecule has 0 bridgehead atoms. The molecule has 0 radical (unpaired) electrons. The number of hydrogen-bond donors (Lipinski definition) is 1. The Kier molecular flexibility index (Phi) is 5.96. The topological polar surface area (TPSA) is 29.5 Å². The van der Waals surface area contributed by atoms with Crippen molar-refractivity contribution < 1.29 is 75.7 Å². The van der Waals surface area contributed by atoms with E-state index < -0.39 is 48.7 Å². The SMILES string of the molecule is OC(OC(F)(F)C(F)(F)C(F)(F)C(F)(F)F)C(F)(F)C(F)(F)C(F)F. The molecule has 0 aromatic carbocycles. The molecule has 0 saturated carbocycles. The maximum atomic E-state index is 12.7. The lowest BCUT2D eigenvalue weighted by atomic mass is 10.1. The second kappa shape index (κ2) is 6.24. The van der Waals surface area contributed by atoms with E-state index in [0.717, 1.165) is 0 Å². The summed E-state index contributed by atoms with van der Waals surface area (Å²) in [5, 5.41) is 8.20. The highest BCUT2D eigenvalue weighted by Gasteiger charge is 2.84. The molecule has 0 aliphatic carbocycles. The molecule has 17 heteroatoms. The Morgan fingerprint density at radius 3 is 1.24 bits per heavy atom. The molecular formula is C8H3F15O2. The van der Waals surface area contributed by atoms with Gasteiger partial charge in [0.15, 0.2) is 0 Å². The predicted molar refractivity (Wildman–Crippen MR) is 43.9 cm³/mol. The van der Waals surface area contributed by atoms with Gasteiger partial charge in [-0.1, -0.05) is 0 Å². The first kappa shape index (κ1) is 23.9.